The molecule has 2 heterocycles. The van der Waals surface area contributed by atoms with Crippen molar-refractivity contribution in [2.24, 2.45) is 5.10 Å². The third-order valence-corrected chi connectivity index (χ3v) is 5.52. The van der Waals surface area contributed by atoms with Crippen molar-refractivity contribution < 1.29 is 27.4 Å². The summed E-state index contributed by atoms with van der Waals surface area (Å²) in [5, 5.41) is 6.58. The molecule has 9 nitrogen and oxygen atoms in total. The van der Waals surface area contributed by atoms with E-state index in [1.165, 1.54) is 12.1 Å². The zero-order chi connectivity index (χ0) is 27.0. The molecule has 0 atom stereocenters. The van der Waals surface area contributed by atoms with Crippen molar-refractivity contribution in [2.75, 3.05) is 48.6 Å². The molecule has 0 unspecified atom stereocenters. The van der Waals surface area contributed by atoms with E-state index in [1.54, 1.807) is 12.3 Å². The van der Waals surface area contributed by atoms with E-state index in [9.17, 15) is 18.0 Å². The molecule has 4 rings (SSSR count). The molecular weight excluding hydrogens is 501 g/mol. The Morgan fingerprint density at radius 1 is 1.13 bits per heavy atom. The molecule has 0 spiro atoms. The number of ether oxygens (including phenoxy) is 2. The van der Waals surface area contributed by atoms with Crippen LogP contribution in [-0.4, -0.2) is 55.2 Å². The minimum Gasteiger partial charge on any atom is -0.449 e. The van der Waals surface area contributed by atoms with Crippen LogP contribution < -0.4 is 15.6 Å². The van der Waals surface area contributed by atoms with Crippen LogP contribution in [0, 0.1) is 6.92 Å². The summed E-state index contributed by atoms with van der Waals surface area (Å²) in [6, 6.07) is 14.0. The van der Waals surface area contributed by atoms with Gasteiger partial charge in [-0.15, -0.1) is 0 Å². The molecule has 2 aromatic carbocycles. The number of nitrogens with zero attached hydrogens (tertiary/aromatic N) is 4. The number of alkyl halides is 3. The van der Waals surface area contributed by atoms with Gasteiger partial charge in [0.2, 0.25) is 0 Å². The van der Waals surface area contributed by atoms with E-state index in [2.05, 4.69) is 30.7 Å². The van der Waals surface area contributed by atoms with Crippen molar-refractivity contribution in [3.8, 4) is 0 Å². The summed E-state index contributed by atoms with van der Waals surface area (Å²) in [4.78, 5) is 23.2. The lowest BCUT2D eigenvalue weighted by atomic mass is 10.2. The molecule has 2 N–H and O–H groups in total. The number of halogens is 3. The highest BCUT2D eigenvalue weighted by molar-refractivity contribution is 5.84. The number of hydrogen-bond acceptors (Lipinski definition) is 8. The summed E-state index contributed by atoms with van der Waals surface area (Å²) in [7, 11) is 0. The van der Waals surface area contributed by atoms with Crippen molar-refractivity contribution in [2.45, 2.75) is 19.5 Å². The number of carbonyl (C=O) groups excluding carboxylic acids is 1. The number of anilines is 3. The van der Waals surface area contributed by atoms with Gasteiger partial charge in [0.1, 0.15) is 18.2 Å². The van der Waals surface area contributed by atoms with Crippen LogP contribution in [0.4, 0.5) is 35.3 Å². The van der Waals surface area contributed by atoms with Gasteiger partial charge in [0.25, 0.3) is 0 Å². The number of hydrazone groups is 1. The monoisotopic (exact) mass is 528 g/mol. The molecule has 200 valence electrons. The summed E-state index contributed by atoms with van der Waals surface area (Å²) in [5.74, 6) is 1.56. The molecule has 1 saturated heterocycles. The number of hydrogen-bond donors (Lipinski definition) is 2. The first-order valence-electron chi connectivity index (χ1n) is 11.9. The fourth-order valence-corrected chi connectivity index (χ4v) is 3.69. The normalized spacial score (nSPS) is 13.9. The molecule has 0 aliphatic carbocycles. The predicted molar refractivity (Wildman–Crippen MR) is 138 cm³/mol. The zero-order valence-electron chi connectivity index (χ0n) is 20.7. The molecule has 1 amide bonds. The standard InChI is InChI=1S/C26H27F3N6O3/c1-18-4-2-5-19(14-18)17-30-34-23-16-24(35-9-12-37-13-10-35)33-22(32-23)8-11-38-25(36)31-21-7-3-6-20(15-21)26(27,28)29/h2-7,14-17H,8-13H2,1H3,(H,31,36)(H,32,33,34). The molecule has 38 heavy (non-hydrogen) atoms. The third kappa shape index (κ3) is 7.90. The van der Waals surface area contributed by atoms with E-state index >= 15 is 0 Å². The van der Waals surface area contributed by atoms with Gasteiger partial charge in [0, 0.05) is 31.3 Å². The van der Waals surface area contributed by atoms with Gasteiger partial charge in [-0.3, -0.25) is 10.7 Å². The minimum atomic E-state index is -4.51. The van der Waals surface area contributed by atoms with Gasteiger partial charge in [-0.1, -0.05) is 35.9 Å². The van der Waals surface area contributed by atoms with Crippen LogP contribution in [0.2, 0.25) is 0 Å². The summed E-state index contributed by atoms with van der Waals surface area (Å²) >= 11 is 0. The summed E-state index contributed by atoms with van der Waals surface area (Å²) in [6.07, 6.45) is -3.52. The lowest BCUT2D eigenvalue weighted by Gasteiger charge is -2.28. The van der Waals surface area contributed by atoms with Crippen molar-refractivity contribution in [1.82, 2.24) is 9.97 Å². The lowest BCUT2D eigenvalue weighted by molar-refractivity contribution is -0.137. The van der Waals surface area contributed by atoms with Gasteiger partial charge in [-0.2, -0.15) is 18.3 Å². The topological polar surface area (TPSA) is 101 Å². The second-order valence-corrected chi connectivity index (χ2v) is 8.50. The maximum atomic E-state index is 12.9. The second kappa shape index (κ2) is 12.4. The van der Waals surface area contributed by atoms with Crippen molar-refractivity contribution in [3.63, 3.8) is 0 Å². The van der Waals surface area contributed by atoms with Gasteiger partial charge in [0.15, 0.2) is 5.82 Å². The molecule has 0 bridgehead atoms. The van der Waals surface area contributed by atoms with Gasteiger partial charge in [0.05, 0.1) is 25.0 Å². The first-order chi connectivity index (χ1) is 18.3. The molecular formula is C26H27F3N6O3. The number of morpholine rings is 1. The Bertz CT molecular complexity index is 1280. The fraction of sp³-hybridized carbons (Fsp3) is 0.308. The number of nitrogens with one attached hydrogen (secondary N) is 2. The average Bonchev–Trinajstić information content (AvgIpc) is 2.89. The molecule has 1 aliphatic rings. The zero-order valence-corrected chi connectivity index (χ0v) is 20.7. The Labute approximate surface area is 217 Å². The third-order valence-electron chi connectivity index (χ3n) is 5.52. The largest absolute Gasteiger partial charge is 0.449 e. The van der Waals surface area contributed by atoms with E-state index in [-0.39, 0.29) is 18.7 Å². The SMILES string of the molecule is Cc1cccc(C=NNc2cc(N3CCOCC3)nc(CCOC(=O)Nc3cccc(C(F)(F)F)c3)n2)c1. The molecule has 0 radical (unpaired) electrons. The maximum Gasteiger partial charge on any atom is 0.416 e. The quantitative estimate of drug-likeness (QED) is 0.318. The van der Waals surface area contributed by atoms with Crippen LogP contribution >= 0.6 is 0 Å². The van der Waals surface area contributed by atoms with Crippen molar-refractivity contribution in [3.05, 3.63) is 77.1 Å². The molecule has 1 aromatic heterocycles. The van der Waals surface area contributed by atoms with Crippen molar-refractivity contribution >= 4 is 29.6 Å². The molecule has 0 saturated carbocycles. The Balaban J connectivity index is 1.39. The highest BCUT2D eigenvalue weighted by atomic mass is 19.4. The summed E-state index contributed by atoms with van der Waals surface area (Å²) in [5.41, 5.74) is 4.09. The van der Waals surface area contributed by atoms with Crippen molar-refractivity contribution in [1.29, 1.82) is 0 Å². The predicted octanol–water partition coefficient (Wildman–Crippen LogP) is 4.88. The van der Waals surface area contributed by atoms with Crippen LogP contribution in [0.5, 0.6) is 0 Å². The highest BCUT2D eigenvalue weighted by Crippen LogP contribution is 2.30. The smallest absolute Gasteiger partial charge is 0.416 e. The fourth-order valence-electron chi connectivity index (χ4n) is 3.69. The number of rotatable bonds is 8. The first kappa shape index (κ1) is 26.9. The number of aryl methyl sites for hydroxylation is 1. The molecule has 1 fully saturated rings. The maximum absolute atomic E-state index is 12.9. The van der Waals surface area contributed by atoms with Gasteiger partial charge in [-0.25, -0.2) is 14.8 Å². The molecule has 3 aromatic rings. The Kier molecular flexibility index (Phi) is 8.74. The van der Waals surface area contributed by atoms with E-state index in [0.29, 0.717) is 43.8 Å². The lowest BCUT2D eigenvalue weighted by Crippen LogP contribution is -2.37. The average molecular weight is 529 g/mol. The van der Waals surface area contributed by atoms with Gasteiger partial charge < -0.3 is 14.4 Å². The Hall–Kier alpha value is -4.19. The minimum absolute atomic E-state index is 0.0200. The van der Waals surface area contributed by atoms with E-state index in [0.717, 1.165) is 23.3 Å². The van der Waals surface area contributed by atoms with Crippen LogP contribution in [0.15, 0.2) is 59.7 Å². The first-order valence-corrected chi connectivity index (χ1v) is 11.9. The van der Waals surface area contributed by atoms with E-state index in [4.69, 9.17) is 9.47 Å². The van der Waals surface area contributed by atoms with Gasteiger partial charge in [-0.05, 0) is 30.7 Å². The van der Waals surface area contributed by atoms with E-state index in [1.807, 2.05) is 31.2 Å². The number of aromatic nitrogens is 2. The summed E-state index contributed by atoms with van der Waals surface area (Å²) in [6.45, 7) is 4.40. The second-order valence-electron chi connectivity index (χ2n) is 8.50. The van der Waals surface area contributed by atoms with Crippen LogP contribution in [0.3, 0.4) is 0 Å². The van der Waals surface area contributed by atoms with Gasteiger partial charge >= 0.3 is 12.3 Å². The van der Waals surface area contributed by atoms with Crippen LogP contribution in [0.25, 0.3) is 0 Å². The molecule has 12 heteroatoms. The molecule has 1 aliphatic heterocycles. The van der Waals surface area contributed by atoms with E-state index < -0.39 is 17.8 Å². The van der Waals surface area contributed by atoms with Crippen LogP contribution in [-0.2, 0) is 22.1 Å². The Morgan fingerprint density at radius 2 is 1.92 bits per heavy atom. The number of carbonyl (C=O) groups is 1. The Morgan fingerprint density at radius 3 is 2.68 bits per heavy atom. The number of benzene rings is 2. The number of amides is 1. The van der Waals surface area contributed by atoms with Crippen LogP contribution in [0.1, 0.15) is 22.5 Å². The summed E-state index contributed by atoms with van der Waals surface area (Å²) < 4.78 is 49.3. The highest BCUT2D eigenvalue weighted by Gasteiger charge is 2.30.